The summed E-state index contributed by atoms with van der Waals surface area (Å²) in [5.74, 6) is -1.33. The number of esters is 1. The second-order valence-corrected chi connectivity index (χ2v) is 7.26. The van der Waals surface area contributed by atoms with Gasteiger partial charge in [-0.2, -0.15) is 0 Å². The second-order valence-electron chi connectivity index (χ2n) is 7.26. The fraction of sp³-hybridized carbons (Fsp3) is 0.292. The summed E-state index contributed by atoms with van der Waals surface area (Å²) in [7, 11) is 0. The smallest absolute Gasteiger partial charge is 0.310 e. The molecule has 0 bridgehead atoms. The van der Waals surface area contributed by atoms with Gasteiger partial charge in [0.05, 0.1) is 17.5 Å². The zero-order chi connectivity index (χ0) is 20.8. The molecular formula is C24H25NO4. The molecule has 0 aliphatic carbocycles. The monoisotopic (exact) mass is 391 g/mol. The summed E-state index contributed by atoms with van der Waals surface area (Å²) in [6.07, 6.45) is 6.21. The summed E-state index contributed by atoms with van der Waals surface area (Å²) in [6.45, 7) is 5.99. The van der Waals surface area contributed by atoms with Gasteiger partial charge in [0.1, 0.15) is 6.61 Å². The van der Waals surface area contributed by atoms with Gasteiger partial charge in [-0.1, -0.05) is 36.4 Å². The van der Waals surface area contributed by atoms with Crippen LogP contribution in [0.25, 0.3) is 0 Å². The first kappa shape index (κ1) is 20.5. The molecule has 1 aliphatic heterocycles. The maximum Gasteiger partial charge on any atom is 0.310 e. The van der Waals surface area contributed by atoms with Crippen molar-refractivity contribution in [2.24, 2.45) is 0 Å². The third-order valence-electron chi connectivity index (χ3n) is 5.10. The van der Waals surface area contributed by atoms with Crippen LogP contribution in [0.3, 0.4) is 0 Å². The molecule has 1 heterocycles. The highest BCUT2D eigenvalue weighted by molar-refractivity contribution is 6.22. The van der Waals surface area contributed by atoms with Crippen molar-refractivity contribution in [2.45, 2.75) is 45.6 Å². The average molecular weight is 391 g/mol. The predicted molar refractivity (Wildman–Crippen MR) is 111 cm³/mol. The van der Waals surface area contributed by atoms with E-state index < -0.39 is 17.8 Å². The van der Waals surface area contributed by atoms with Gasteiger partial charge in [-0.25, -0.2) is 0 Å². The van der Waals surface area contributed by atoms with Gasteiger partial charge in [0.2, 0.25) is 0 Å². The van der Waals surface area contributed by atoms with Gasteiger partial charge in [0, 0.05) is 0 Å². The normalized spacial score (nSPS) is 12.4. The molecule has 0 spiro atoms. The molecule has 3 rings (SSSR count). The molecule has 2 aromatic rings. The molecule has 2 amide bonds. The van der Waals surface area contributed by atoms with Gasteiger partial charge in [-0.3, -0.25) is 19.7 Å². The topological polar surface area (TPSA) is 72.5 Å². The highest BCUT2D eigenvalue weighted by Gasteiger charge is 2.29. The van der Waals surface area contributed by atoms with Crippen molar-refractivity contribution < 1.29 is 19.1 Å². The third-order valence-corrected chi connectivity index (χ3v) is 5.10. The van der Waals surface area contributed by atoms with E-state index in [1.807, 2.05) is 18.2 Å². The first-order valence-electron chi connectivity index (χ1n) is 9.82. The Kier molecular flexibility index (Phi) is 6.60. The Morgan fingerprint density at radius 1 is 1.10 bits per heavy atom. The van der Waals surface area contributed by atoms with E-state index >= 15 is 0 Å². The number of unbranched alkanes of at least 4 members (excludes halogenated alkanes) is 2. The lowest BCUT2D eigenvalue weighted by Gasteiger charge is -2.10. The number of ether oxygens (including phenoxy) is 1. The lowest BCUT2D eigenvalue weighted by atomic mass is 10.00. The van der Waals surface area contributed by atoms with Gasteiger partial charge in [0.15, 0.2) is 0 Å². The number of rotatable bonds is 9. The number of amides is 2. The molecule has 0 saturated carbocycles. The number of allylic oxidation sites excluding steroid dienone is 1. The average Bonchev–Trinajstić information content (AvgIpc) is 2.99. The lowest BCUT2D eigenvalue weighted by Crippen LogP contribution is -2.20. The lowest BCUT2D eigenvalue weighted by molar-refractivity contribution is -0.144. The summed E-state index contributed by atoms with van der Waals surface area (Å²) in [6, 6.07) is 11.0. The van der Waals surface area contributed by atoms with Crippen LogP contribution in [-0.2, 0) is 29.0 Å². The van der Waals surface area contributed by atoms with E-state index in [1.54, 1.807) is 18.2 Å². The van der Waals surface area contributed by atoms with Crippen molar-refractivity contribution in [3.8, 4) is 0 Å². The summed E-state index contributed by atoms with van der Waals surface area (Å²) >= 11 is 0. The van der Waals surface area contributed by atoms with Gasteiger partial charge >= 0.3 is 5.97 Å². The Hall–Kier alpha value is -3.21. The number of hydrogen-bond donors (Lipinski definition) is 1. The van der Waals surface area contributed by atoms with Crippen LogP contribution in [-0.4, -0.2) is 17.8 Å². The van der Waals surface area contributed by atoms with Crippen LogP contribution >= 0.6 is 0 Å². The number of benzene rings is 2. The Morgan fingerprint density at radius 2 is 1.93 bits per heavy atom. The molecule has 2 aromatic carbocycles. The Bertz CT molecular complexity index is 961. The van der Waals surface area contributed by atoms with E-state index in [0.29, 0.717) is 11.1 Å². The minimum absolute atomic E-state index is 0.0513. The van der Waals surface area contributed by atoms with Crippen LogP contribution in [0.1, 0.15) is 62.2 Å². The van der Waals surface area contributed by atoms with E-state index in [1.165, 1.54) is 11.1 Å². The molecule has 0 unspecified atom stereocenters. The van der Waals surface area contributed by atoms with Crippen LogP contribution in [0.5, 0.6) is 0 Å². The van der Waals surface area contributed by atoms with Crippen LogP contribution in [0.2, 0.25) is 0 Å². The number of nitrogens with one attached hydrogen (secondary N) is 1. The molecule has 5 nitrogen and oxygen atoms in total. The van der Waals surface area contributed by atoms with Crippen LogP contribution in [0.15, 0.2) is 49.1 Å². The highest BCUT2D eigenvalue weighted by Crippen LogP contribution is 2.21. The van der Waals surface area contributed by atoms with Crippen LogP contribution in [0, 0.1) is 6.92 Å². The summed E-state index contributed by atoms with van der Waals surface area (Å²) in [5.41, 5.74) is 4.50. The van der Waals surface area contributed by atoms with E-state index in [9.17, 15) is 14.4 Å². The minimum atomic E-state index is -0.465. The fourth-order valence-corrected chi connectivity index (χ4v) is 3.54. The van der Waals surface area contributed by atoms with Crippen molar-refractivity contribution in [1.82, 2.24) is 5.32 Å². The SMILES string of the molecule is C=CCCCCc1ccc(COC(=O)Cc2cccc3c2C(=O)NC3=O)cc1C. The summed E-state index contributed by atoms with van der Waals surface area (Å²) < 4.78 is 5.40. The Morgan fingerprint density at radius 3 is 2.69 bits per heavy atom. The first-order chi connectivity index (χ1) is 14.0. The molecular weight excluding hydrogens is 366 g/mol. The largest absolute Gasteiger partial charge is 0.461 e. The second kappa shape index (κ2) is 9.32. The quantitative estimate of drug-likeness (QED) is 0.303. The number of carbonyl (C=O) groups excluding carboxylic acids is 3. The first-order valence-corrected chi connectivity index (χ1v) is 9.82. The van der Waals surface area contributed by atoms with E-state index in [-0.39, 0.29) is 18.6 Å². The molecule has 1 aliphatic rings. The van der Waals surface area contributed by atoms with E-state index in [4.69, 9.17) is 4.74 Å². The van der Waals surface area contributed by atoms with E-state index in [0.717, 1.165) is 31.2 Å². The molecule has 150 valence electrons. The molecule has 0 radical (unpaired) electrons. The van der Waals surface area contributed by atoms with Crippen molar-refractivity contribution in [3.05, 3.63) is 82.4 Å². The van der Waals surface area contributed by atoms with Gasteiger partial charge in [-0.05, 0) is 60.9 Å². The number of aryl methyl sites for hydroxylation is 2. The van der Waals surface area contributed by atoms with Gasteiger partial charge in [-0.15, -0.1) is 6.58 Å². The van der Waals surface area contributed by atoms with E-state index in [2.05, 4.69) is 24.9 Å². The number of imide groups is 1. The van der Waals surface area contributed by atoms with Crippen molar-refractivity contribution in [2.75, 3.05) is 0 Å². The summed E-state index contributed by atoms with van der Waals surface area (Å²) in [5, 5.41) is 2.25. The molecule has 0 saturated heterocycles. The molecule has 0 aromatic heterocycles. The Balaban J connectivity index is 1.57. The molecule has 0 fully saturated rings. The maximum absolute atomic E-state index is 12.3. The molecule has 29 heavy (non-hydrogen) atoms. The zero-order valence-electron chi connectivity index (χ0n) is 16.6. The van der Waals surface area contributed by atoms with Gasteiger partial charge in [0.25, 0.3) is 11.8 Å². The van der Waals surface area contributed by atoms with Crippen molar-refractivity contribution in [1.29, 1.82) is 0 Å². The maximum atomic E-state index is 12.3. The highest BCUT2D eigenvalue weighted by atomic mass is 16.5. The molecule has 0 atom stereocenters. The standard InChI is InChI=1S/C24H25NO4/c1-3-4-5-6-8-18-12-11-17(13-16(18)2)15-29-21(26)14-19-9-7-10-20-22(19)24(28)25-23(20)27/h3,7,9-13H,1,4-6,8,14-15H2,2H3,(H,25,27,28). The number of carbonyl (C=O) groups is 3. The predicted octanol–water partition coefficient (Wildman–Crippen LogP) is 4.06. The third kappa shape index (κ3) is 4.99. The zero-order valence-corrected chi connectivity index (χ0v) is 16.6. The molecule has 1 N–H and O–H groups in total. The van der Waals surface area contributed by atoms with Gasteiger partial charge < -0.3 is 4.74 Å². The van der Waals surface area contributed by atoms with Crippen LogP contribution in [0.4, 0.5) is 0 Å². The number of fused-ring (bicyclic) bond motifs is 1. The van der Waals surface area contributed by atoms with Crippen molar-refractivity contribution >= 4 is 17.8 Å². The van der Waals surface area contributed by atoms with Crippen LogP contribution < -0.4 is 5.32 Å². The number of hydrogen-bond acceptors (Lipinski definition) is 4. The summed E-state index contributed by atoms with van der Waals surface area (Å²) in [4.78, 5) is 36.0. The molecule has 5 heteroatoms. The Labute approximate surface area is 170 Å². The fourth-order valence-electron chi connectivity index (χ4n) is 3.54. The van der Waals surface area contributed by atoms with Crippen molar-refractivity contribution in [3.63, 3.8) is 0 Å². The minimum Gasteiger partial charge on any atom is -0.461 e.